The van der Waals surface area contributed by atoms with Gasteiger partial charge in [0, 0.05) is 7.05 Å². The second-order valence-electron chi connectivity index (χ2n) is 9.44. The number of aliphatic hydroxyl groups excluding tert-OH is 2. The molecule has 0 radical (unpaired) electrons. The summed E-state index contributed by atoms with van der Waals surface area (Å²) >= 11 is 0. The predicted molar refractivity (Wildman–Crippen MR) is 144 cm³/mol. The van der Waals surface area contributed by atoms with E-state index in [4.69, 9.17) is 24.3 Å². The maximum Gasteiger partial charge on any atom is 0.459 e. The van der Waals surface area contributed by atoms with Crippen LogP contribution in [0.15, 0.2) is 36.7 Å². The van der Waals surface area contributed by atoms with Crippen LogP contribution in [0, 0.1) is 5.92 Å². The maximum atomic E-state index is 13.8. The average molecular weight is 580 g/mol. The van der Waals surface area contributed by atoms with Gasteiger partial charge in [0.1, 0.15) is 24.1 Å². The molecule has 1 aliphatic rings. The second-order valence-corrected chi connectivity index (χ2v) is 11.1. The SMILES string of the molecule is CNc1nc(N)nc2c1ncn2[C@@H]1O[C@H](COP(=O)(N[C@@H](C)C(=O)OC(C)C)Oc2ccccc2)[C@@H](O)[C@@H]1CO. The minimum Gasteiger partial charge on any atom is -0.462 e. The first-order valence-corrected chi connectivity index (χ1v) is 14.2. The van der Waals surface area contributed by atoms with Crippen molar-refractivity contribution in [2.24, 2.45) is 5.92 Å². The van der Waals surface area contributed by atoms with Gasteiger partial charge in [-0.2, -0.15) is 15.1 Å². The van der Waals surface area contributed by atoms with Gasteiger partial charge in [-0.1, -0.05) is 18.2 Å². The van der Waals surface area contributed by atoms with Crippen LogP contribution in [-0.4, -0.2) is 80.3 Å². The van der Waals surface area contributed by atoms with E-state index in [1.807, 2.05) is 0 Å². The average Bonchev–Trinajstić information content (AvgIpc) is 3.47. The number of imidazole rings is 1. The quantitative estimate of drug-likeness (QED) is 0.152. The van der Waals surface area contributed by atoms with Crippen molar-refractivity contribution in [1.82, 2.24) is 24.6 Å². The number of aromatic nitrogens is 4. The number of nitrogens with one attached hydrogen (secondary N) is 2. The highest BCUT2D eigenvalue weighted by molar-refractivity contribution is 7.52. The molecule has 2 aromatic heterocycles. The Bertz CT molecular complexity index is 1360. The zero-order chi connectivity index (χ0) is 29.0. The number of nitrogens with two attached hydrogens (primary N) is 1. The van der Waals surface area contributed by atoms with Gasteiger partial charge >= 0.3 is 13.7 Å². The molecule has 1 unspecified atom stereocenters. The van der Waals surface area contributed by atoms with Crippen molar-refractivity contribution in [2.75, 3.05) is 31.3 Å². The number of ether oxygens (including phenoxy) is 2. The van der Waals surface area contributed by atoms with Crippen LogP contribution < -0.4 is 20.7 Å². The molecule has 1 aromatic carbocycles. The molecule has 15 nitrogen and oxygen atoms in total. The summed E-state index contributed by atoms with van der Waals surface area (Å²) in [5, 5.41) is 26.6. The normalized spacial score (nSPS) is 23.2. The number of benzene rings is 1. The summed E-state index contributed by atoms with van der Waals surface area (Å²) in [4.78, 5) is 25.1. The topological polar surface area (TPSA) is 205 Å². The smallest absolute Gasteiger partial charge is 0.459 e. The molecule has 1 aliphatic heterocycles. The number of hydrogen-bond donors (Lipinski definition) is 5. The summed E-state index contributed by atoms with van der Waals surface area (Å²) in [7, 11) is -2.55. The zero-order valence-electron chi connectivity index (χ0n) is 22.5. The largest absolute Gasteiger partial charge is 0.462 e. The van der Waals surface area contributed by atoms with Gasteiger partial charge in [0.05, 0.1) is 37.7 Å². The van der Waals surface area contributed by atoms with Crippen LogP contribution in [0.1, 0.15) is 27.0 Å². The van der Waals surface area contributed by atoms with Crippen LogP contribution in [0.2, 0.25) is 0 Å². The molecule has 218 valence electrons. The van der Waals surface area contributed by atoms with Gasteiger partial charge in [0.2, 0.25) is 5.95 Å². The fraction of sp³-hybridized carbons (Fsp3) is 0.500. The Labute approximate surface area is 230 Å². The minimum absolute atomic E-state index is 0.00670. The first-order chi connectivity index (χ1) is 19.0. The van der Waals surface area contributed by atoms with E-state index in [2.05, 4.69) is 25.4 Å². The van der Waals surface area contributed by atoms with Crippen molar-refractivity contribution in [2.45, 2.75) is 51.4 Å². The molecule has 6 N–H and O–H groups in total. The van der Waals surface area contributed by atoms with Crippen LogP contribution in [0.25, 0.3) is 11.2 Å². The molecule has 0 aliphatic carbocycles. The van der Waals surface area contributed by atoms with E-state index in [9.17, 15) is 19.6 Å². The van der Waals surface area contributed by atoms with Gasteiger partial charge in [-0.05, 0) is 32.9 Å². The van der Waals surface area contributed by atoms with E-state index in [1.165, 1.54) is 17.8 Å². The van der Waals surface area contributed by atoms with E-state index in [0.717, 1.165) is 0 Å². The Morgan fingerprint density at radius 1 is 1.25 bits per heavy atom. The number of anilines is 2. The highest BCUT2D eigenvalue weighted by Crippen LogP contribution is 2.46. The van der Waals surface area contributed by atoms with Crippen molar-refractivity contribution >= 4 is 36.6 Å². The van der Waals surface area contributed by atoms with Crippen LogP contribution in [0.3, 0.4) is 0 Å². The third-order valence-corrected chi connectivity index (χ3v) is 7.74. The van der Waals surface area contributed by atoms with Crippen LogP contribution >= 0.6 is 7.75 Å². The van der Waals surface area contributed by atoms with Crippen molar-refractivity contribution in [3.63, 3.8) is 0 Å². The third-order valence-electron chi connectivity index (χ3n) is 6.10. The van der Waals surface area contributed by atoms with E-state index in [1.54, 1.807) is 51.2 Å². The number of esters is 1. The number of aliphatic hydroxyl groups is 2. The summed E-state index contributed by atoms with van der Waals surface area (Å²) in [6, 6.07) is 7.22. The number of fused-ring (bicyclic) bond motifs is 1. The van der Waals surface area contributed by atoms with Crippen molar-refractivity contribution in [3.05, 3.63) is 36.7 Å². The Balaban J connectivity index is 1.55. The fourth-order valence-electron chi connectivity index (χ4n) is 4.21. The third kappa shape index (κ3) is 6.52. The number of carbonyl (C=O) groups is 1. The van der Waals surface area contributed by atoms with E-state index >= 15 is 0 Å². The molecule has 0 bridgehead atoms. The Morgan fingerprint density at radius 2 is 1.98 bits per heavy atom. The molecular formula is C24H34N7O8P. The molecule has 3 heterocycles. The molecule has 0 saturated carbocycles. The lowest BCUT2D eigenvalue weighted by molar-refractivity contribution is -0.149. The van der Waals surface area contributed by atoms with Gasteiger partial charge in [-0.3, -0.25) is 13.9 Å². The van der Waals surface area contributed by atoms with E-state index in [-0.39, 0.29) is 17.8 Å². The summed E-state index contributed by atoms with van der Waals surface area (Å²) in [6.07, 6.45) is -2.14. The van der Waals surface area contributed by atoms with Crippen LogP contribution in [0.5, 0.6) is 5.75 Å². The van der Waals surface area contributed by atoms with E-state index in [0.29, 0.717) is 17.0 Å². The molecular weight excluding hydrogens is 545 g/mol. The summed E-state index contributed by atoms with van der Waals surface area (Å²) in [6.45, 7) is 3.98. The highest BCUT2D eigenvalue weighted by Gasteiger charge is 2.46. The maximum absolute atomic E-state index is 13.8. The summed E-state index contributed by atoms with van der Waals surface area (Å²) in [5.74, 6) is -0.850. The van der Waals surface area contributed by atoms with Crippen LogP contribution in [-0.2, 0) is 23.4 Å². The molecule has 4 rings (SSSR count). The fourth-order valence-corrected chi connectivity index (χ4v) is 5.71. The number of nitrogen functional groups attached to an aromatic ring is 1. The van der Waals surface area contributed by atoms with Crippen LogP contribution in [0.4, 0.5) is 11.8 Å². The van der Waals surface area contributed by atoms with Crippen molar-refractivity contribution in [3.8, 4) is 5.75 Å². The van der Waals surface area contributed by atoms with Gasteiger partial charge < -0.3 is 35.3 Å². The molecule has 16 heteroatoms. The number of nitrogens with zero attached hydrogens (tertiary/aromatic N) is 4. The number of para-hydroxylation sites is 1. The summed E-state index contributed by atoms with van der Waals surface area (Å²) in [5.41, 5.74) is 6.59. The monoisotopic (exact) mass is 579 g/mol. The van der Waals surface area contributed by atoms with Crippen molar-refractivity contribution in [1.29, 1.82) is 0 Å². The molecule has 0 spiro atoms. The molecule has 40 heavy (non-hydrogen) atoms. The zero-order valence-corrected chi connectivity index (χ0v) is 23.4. The molecule has 6 atom stereocenters. The first kappa shape index (κ1) is 29.6. The number of carbonyl (C=O) groups excluding carboxylic acids is 1. The Hall–Kier alpha value is -3.33. The van der Waals surface area contributed by atoms with E-state index < -0.39 is 57.3 Å². The van der Waals surface area contributed by atoms with Crippen molar-refractivity contribution < 1.29 is 38.1 Å². The minimum atomic E-state index is -4.21. The molecule has 0 amide bonds. The predicted octanol–water partition coefficient (Wildman–Crippen LogP) is 1.45. The highest BCUT2D eigenvalue weighted by atomic mass is 31.2. The van der Waals surface area contributed by atoms with Gasteiger partial charge in [0.25, 0.3) is 0 Å². The Morgan fingerprint density at radius 3 is 2.62 bits per heavy atom. The van der Waals surface area contributed by atoms with Gasteiger partial charge in [0.15, 0.2) is 17.0 Å². The number of hydrogen-bond acceptors (Lipinski definition) is 13. The summed E-state index contributed by atoms with van der Waals surface area (Å²) < 4.78 is 37.9. The second kappa shape index (κ2) is 12.5. The lowest BCUT2D eigenvalue weighted by Crippen LogP contribution is -2.37. The standard InChI is InChI=1S/C24H34N7O8P/c1-13(2)37-23(34)14(3)30-40(35,39-15-8-6-5-7-9-15)36-11-17-19(33)16(10-32)22(38-17)31-12-27-18-20(26-4)28-24(25)29-21(18)31/h5-9,12-14,16-17,19,22,32-33H,10-11H2,1-4H3,(H,30,35)(H3,25,26,28,29)/t14-,16-,17+,19-,22+,40?/m0/s1. The Kier molecular flexibility index (Phi) is 9.23. The lowest BCUT2D eigenvalue weighted by atomic mass is 10.0. The van der Waals surface area contributed by atoms with Gasteiger partial charge in [-0.15, -0.1) is 0 Å². The molecule has 1 fully saturated rings. The first-order valence-electron chi connectivity index (χ1n) is 12.6. The molecule has 3 aromatic rings. The molecule has 1 saturated heterocycles. The van der Waals surface area contributed by atoms with Gasteiger partial charge in [-0.25, -0.2) is 9.55 Å². The lowest BCUT2D eigenvalue weighted by Gasteiger charge is -2.25. The number of rotatable bonds is 12.